The van der Waals surface area contributed by atoms with E-state index in [0.717, 1.165) is 7.11 Å². The van der Waals surface area contributed by atoms with Crippen LogP contribution in [0.3, 0.4) is 0 Å². The molecule has 0 N–H and O–H groups in total. The van der Waals surface area contributed by atoms with Crippen LogP contribution >= 0.6 is 34.8 Å². The fourth-order valence-corrected chi connectivity index (χ4v) is 2.34. The molecule has 0 fully saturated rings. The largest absolute Gasteiger partial charge is 0.465 e. The van der Waals surface area contributed by atoms with E-state index in [0.29, 0.717) is 0 Å². The van der Waals surface area contributed by atoms with Crippen molar-refractivity contribution in [3.05, 3.63) is 50.8 Å². The summed E-state index contributed by atoms with van der Waals surface area (Å²) in [6, 6.07) is 4.16. The first-order chi connectivity index (χ1) is 9.47. The molecule has 0 aliphatic rings. The number of ether oxygens (including phenoxy) is 1. The Labute approximate surface area is 129 Å². The number of carbonyl (C=O) groups excluding carboxylic acids is 1. The normalized spacial score (nSPS) is 10.4. The summed E-state index contributed by atoms with van der Waals surface area (Å²) in [6.07, 6.45) is 1.26. The lowest BCUT2D eigenvalue weighted by molar-refractivity contribution is 0.0595. The van der Waals surface area contributed by atoms with Crippen LogP contribution in [-0.2, 0) is 4.74 Å². The van der Waals surface area contributed by atoms with Gasteiger partial charge >= 0.3 is 5.97 Å². The molecule has 3 nitrogen and oxygen atoms in total. The Morgan fingerprint density at radius 3 is 2.50 bits per heavy atom. The highest BCUT2D eigenvalue weighted by Gasteiger charge is 2.22. The van der Waals surface area contributed by atoms with E-state index in [1.807, 2.05) is 0 Å². The molecule has 0 saturated carbocycles. The number of carbonyl (C=O) groups is 1. The summed E-state index contributed by atoms with van der Waals surface area (Å²) in [6.45, 7) is 0. The predicted octanol–water partition coefficient (Wildman–Crippen LogP) is 4.63. The van der Waals surface area contributed by atoms with Crippen molar-refractivity contribution in [2.24, 2.45) is 0 Å². The number of rotatable bonds is 2. The zero-order valence-electron chi connectivity index (χ0n) is 10.1. The molecule has 2 aromatic rings. The summed E-state index contributed by atoms with van der Waals surface area (Å²) in [5.74, 6) is -1.69. The number of pyridine rings is 1. The number of benzene rings is 1. The van der Waals surface area contributed by atoms with Gasteiger partial charge in [0.1, 0.15) is 5.69 Å². The lowest BCUT2D eigenvalue weighted by Gasteiger charge is -2.10. The van der Waals surface area contributed by atoms with Gasteiger partial charge in [-0.1, -0.05) is 34.8 Å². The SMILES string of the molecule is COC(=O)c1ccnc(-c2c(Cl)ccc(Cl)c2Cl)c1F. The van der Waals surface area contributed by atoms with E-state index in [4.69, 9.17) is 34.8 Å². The summed E-state index contributed by atoms with van der Waals surface area (Å²) in [5, 5.41) is 0.441. The second kappa shape index (κ2) is 5.95. The molecular weight excluding hydrogens is 328 g/mol. The second-order valence-electron chi connectivity index (χ2n) is 3.73. The Hall–Kier alpha value is -1.36. The lowest BCUT2D eigenvalue weighted by atomic mass is 10.1. The molecule has 0 amide bonds. The van der Waals surface area contributed by atoms with Crippen molar-refractivity contribution in [2.45, 2.75) is 0 Å². The molecule has 0 spiro atoms. The van der Waals surface area contributed by atoms with Gasteiger partial charge in [-0.25, -0.2) is 9.18 Å². The highest BCUT2D eigenvalue weighted by molar-refractivity contribution is 6.46. The van der Waals surface area contributed by atoms with Crippen molar-refractivity contribution < 1.29 is 13.9 Å². The van der Waals surface area contributed by atoms with Crippen LogP contribution in [0.5, 0.6) is 0 Å². The van der Waals surface area contributed by atoms with Crippen LogP contribution in [0.15, 0.2) is 24.4 Å². The van der Waals surface area contributed by atoms with Gasteiger partial charge in [-0.05, 0) is 18.2 Å². The van der Waals surface area contributed by atoms with Gasteiger partial charge < -0.3 is 4.74 Å². The summed E-state index contributed by atoms with van der Waals surface area (Å²) in [7, 11) is 1.15. The molecule has 20 heavy (non-hydrogen) atoms. The number of hydrogen-bond donors (Lipinski definition) is 0. The maximum atomic E-state index is 14.4. The van der Waals surface area contributed by atoms with E-state index in [1.165, 1.54) is 24.4 Å². The van der Waals surface area contributed by atoms with E-state index in [2.05, 4.69) is 9.72 Å². The molecule has 0 radical (unpaired) electrons. The Morgan fingerprint density at radius 1 is 1.20 bits per heavy atom. The smallest absolute Gasteiger partial charge is 0.340 e. The monoisotopic (exact) mass is 333 g/mol. The maximum absolute atomic E-state index is 14.4. The van der Waals surface area contributed by atoms with Gasteiger partial charge in [-0.2, -0.15) is 0 Å². The van der Waals surface area contributed by atoms with Crippen molar-refractivity contribution in [3.8, 4) is 11.3 Å². The van der Waals surface area contributed by atoms with E-state index in [1.54, 1.807) is 0 Å². The van der Waals surface area contributed by atoms with E-state index >= 15 is 0 Å². The van der Waals surface area contributed by atoms with Crippen LogP contribution < -0.4 is 0 Å². The van der Waals surface area contributed by atoms with Gasteiger partial charge in [0, 0.05) is 11.8 Å². The van der Waals surface area contributed by atoms with Gasteiger partial charge in [0.05, 0.1) is 27.7 Å². The molecule has 0 bridgehead atoms. The summed E-state index contributed by atoms with van der Waals surface area (Å²) in [4.78, 5) is 15.4. The fourth-order valence-electron chi connectivity index (χ4n) is 1.63. The Balaban J connectivity index is 2.72. The third kappa shape index (κ3) is 2.59. The zero-order valence-corrected chi connectivity index (χ0v) is 12.4. The average molecular weight is 335 g/mol. The molecule has 104 valence electrons. The van der Waals surface area contributed by atoms with Gasteiger partial charge in [-0.15, -0.1) is 0 Å². The van der Waals surface area contributed by atoms with Gasteiger partial charge in [0.2, 0.25) is 0 Å². The standard InChI is InChI=1S/C13H7Cl3FNO2/c1-20-13(19)6-4-5-18-12(11(6)17)9-7(14)2-3-8(15)10(9)16/h2-5H,1H3. The highest BCUT2D eigenvalue weighted by Crippen LogP contribution is 2.39. The number of methoxy groups -OCH3 is 1. The van der Waals surface area contributed by atoms with Crippen LogP contribution in [0.2, 0.25) is 15.1 Å². The summed E-state index contributed by atoms with van der Waals surface area (Å²) in [5.41, 5.74) is -0.293. The number of halogens is 4. The van der Waals surface area contributed by atoms with Crippen LogP contribution in [0.4, 0.5) is 4.39 Å². The topological polar surface area (TPSA) is 39.2 Å². The minimum absolute atomic E-state index is 0.0626. The Kier molecular flexibility index (Phi) is 4.48. The van der Waals surface area contributed by atoms with E-state index < -0.39 is 11.8 Å². The molecule has 0 aliphatic carbocycles. The Morgan fingerprint density at radius 2 is 1.85 bits per heavy atom. The van der Waals surface area contributed by atoms with Crippen LogP contribution in [0.1, 0.15) is 10.4 Å². The van der Waals surface area contributed by atoms with Crippen molar-refractivity contribution in [1.29, 1.82) is 0 Å². The van der Waals surface area contributed by atoms with Crippen molar-refractivity contribution in [1.82, 2.24) is 4.98 Å². The molecular formula is C13H7Cl3FNO2. The second-order valence-corrected chi connectivity index (χ2v) is 4.92. The number of nitrogens with zero attached hydrogens (tertiary/aromatic N) is 1. The molecule has 1 aromatic heterocycles. The minimum atomic E-state index is -0.870. The molecule has 7 heteroatoms. The number of aromatic nitrogens is 1. The predicted molar refractivity (Wildman–Crippen MR) is 76.0 cm³/mol. The third-order valence-corrected chi connectivity index (χ3v) is 3.69. The number of hydrogen-bond acceptors (Lipinski definition) is 3. The summed E-state index contributed by atoms with van der Waals surface area (Å²) >= 11 is 17.9. The highest BCUT2D eigenvalue weighted by atomic mass is 35.5. The van der Waals surface area contributed by atoms with Gasteiger partial charge in [0.15, 0.2) is 5.82 Å². The average Bonchev–Trinajstić information content (AvgIpc) is 2.44. The maximum Gasteiger partial charge on any atom is 0.340 e. The van der Waals surface area contributed by atoms with Gasteiger partial charge in [0.25, 0.3) is 0 Å². The molecule has 0 aliphatic heterocycles. The molecule has 2 rings (SSSR count). The first-order valence-electron chi connectivity index (χ1n) is 5.34. The minimum Gasteiger partial charge on any atom is -0.465 e. The van der Waals surface area contributed by atoms with E-state index in [-0.39, 0.29) is 31.9 Å². The first-order valence-corrected chi connectivity index (χ1v) is 6.47. The number of esters is 1. The van der Waals surface area contributed by atoms with Gasteiger partial charge in [-0.3, -0.25) is 4.98 Å². The van der Waals surface area contributed by atoms with Crippen LogP contribution in [0, 0.1) is 5.82 Å². The molecule has 1 aromatic carbocycles. The molecule has 1 heterocycles. The van der Waals surface area contributed by atoms with Crippen molar-refractivity contribution in [3.63, 3.8) is 0 Å². The molecule has 0 atom stereocenters. The lowest BCUT2D eigenvalue weighted by Crippen LogP contribution is -2.06. The molecule has 0 unspecified atom stereocenters. The summed E-state index contributed by atoms with van der Waals surface area (Å²) < 4.78 is 18.9. The fraction of sp³-hybridized carbons (Fsp3) is 0.0769. The van der Waals surface area contributed by atoms with Crippen molar-refractivity contribution >= 4 is 40.8 Å². The van der Waals surface area contributed by atoms with Crippen molar-refractivity contribution in [2.75, 3.05) is 7.11 Å². The quantitative estimate of drug-likeness (QED) is 0.593. The third-order valence-electron chi connectivity index (χ3n) is 2.58. The zero-order chi connectivity index (χ0) is 14.9. The Bertz CT molecular complexity index is 692. The first kappa shape index (κ1) is 15.0. The van der Waals surface area contributed by atoms with E-state index in [9.17, 15) is 9.18 Å². The molecule has 0 saturated heterocycles. The van der Waals surface area contributed by atoms with Crippen LogP contribution in [-0.4, -0.2) is 18.1 Å². The van der Waals surface area contributed by atoms with Crippen LogP contribution in [0.25, 0.3) is 11.3 Å².